The van der Waals surface area contributed by atoms with E-state index in [9.17, 15) is 0 Å². The lowest BCUT2D eigenvalue weighted by Crippen LogP contribution is -2.56. The molecule has 4 nitrogen and oxygen atoms in total. The molecule has 0 aliphatic carbocycles. The molecule has 0 spiro atoms. The zero-order valence-corrected chi connectivity index (χ0v) is 11.3. The molecular formula is C9H19ClO4Si. The van der Waals surface area contributed by atoms with Crippen LogP contribution in [0, 0.1) is 0 Å². The molecule has 0 saturated carbocycles. The van der Waals surface area contributed by atoms with Crippen LogP contribution in [0.1, 0.15) is 19.3 Å². The first-order valence-corrected chi connectivity index (χ1v) is 7.54. The minimum Gasteiger partial charge on any atom is -0.377 e. The van der Waals surface area contributed by atoms with Crippen LogP contribution in [0.3, 0.4) is 0 Å². The Hall–Kier alpha value is 0.347. The largest absolute Gasteiger partial charge is 0.502 e. The zero-order valence-electron chi connectivity index (χ0n) is 9.55. The van der Waals surface area contributed by atoms with Crippen molar-refractivity contribution in [2.75, 3.05) is 27.2 Å². The topological polar surface area (TPSA) is 36.9 Å². The molecule has 1 aliphatic heterocycles. The van der Waals surface area contributed by atoms with Crippen LogP contribution in [0.25, 0.3) is 0 Å². The second-order valence-corrected chi connectivity index (χ2v) is 6.87. The summed E-state index contributed by atoms with van der Waals surface area (Å²) in [6.07, 6.45) is 2.49. The van der Waals surface area contributed by atoms with Crippen LogP contribution in [0.4, 0.5) is 0 Å². The van der Waals surface area contributed by atoms with Crippen molar-refractivity contribution in [3.8, 4) is 0 Å². The van der Waals surface area contributed by atoms with Gasteiger partial charge in [-0.15, -0.1) is 11.6 Å². The molecule has 1 aliphatic rings. The number of hydrogen-bond donors (Lipinski definition) is 0. The van der Waals surface area contributed by atoms with Crippen LogP contribution in [0.2, 0.25) is 6.04 Å². The Kier molecular flexibility index (Phi) is 5.01. The van der Waals surface area contributed by atoms with E-state index in [-0.39, 0.29) is 0 Å². The Labute approximate surface area is 97.2 Å². The summed E-state index contributed by atoms with van der Waals surface area (Å²) < 4.78 is 22.2. The zero-order chi connectivity index (χ0) is 11.4. The van der Waals surface area contributed by atoms with Gasteiger partial charge in [-0.1, -0.05) is 0 Å². The Morgan fingerprint density at radius 2 is 2.00 bits per heavy atom. The molecule has 1 saturated heterocycles. The van der Waals surface area contributed by atoms with Gasteiger partial charge in [-0.3, -0.25) is 0 Å². The highest BCUT2D eigenvalue weighted by Gasteiger charge is 2.51. The number of hydrogen-bond acceptors (Lipinski definition) is 4. The lowest BCUT2D eigenvalue weighted by molar-refractivity contribution is -0.207. The number of halogens is 1. The van der Waals surface area contributed by atoms with Gasteiger partial charge in [0, 0.05) is 46.1 Å². The van der Waals surface area contributed by atoms with Crippen molar-refractivity contribution in [3.63, 3.8) is 0 Å². The van der Waals surface area contributed by atoms with E-state index in [4.69, 9.17) is 29.6 Å². The maximum atomic E-state index is 5.94. The Balaban J connectivity index is 2.75. The first-order valence-electron chi connectivity index (χ1n) is 5.07. The maximum Gasteiger partial charge on any atom is 0.502 e. The molecule has 1 fully saturated rings. The van der Waals surface area contributed by atoms with Crippen LogP contribution in [-0.2, 0) is 18.0 Å². The number of rotatable bonds is 5. The smallest absolute Gasteiger partial charge is 0.377 e. The van der Waals surface area contributed by atoms with Gasteiger partial charge >= 0.3 is 8.80 Å². The van der Waals surface area contributed by atoms with E-state index in [1.54, 1.807) is 21.3 Å². The van der Waals surface area contributed by atoms with Crippen molar-refractivity contribution in [3.05, 3.63) is 0 Å². The maximum absolute atomic E-state index is 5.94. The lowest BCUT2D eigenvalue weighted by atomic mass is 10.1. The van der Waals surface area contributed by atoms with Gasteiger partial charge in [0.25, 0.3) is 0 Å². The molecule has 1 heterocycles. The standard InChI is InChI=1S/C9H19ClO4Si/c1-11-9(6-7-10)5-4-8-15(12-2,13-3)14-9/h4-8H2,1-3H3. The predicted molar refractivity (Wildman–Crippen MR) is 60.0 cm³/mol. The summed E-state index contributed by atoms with van der Waals surface area (Å²) >= 11 is 5.76. The third-order valence-corrected chi connectivity index (χ3v) is 5.93. The highest BCUT2D eigenvalue weighted by molar-refractivity contribution is 6.60. The molecule has 1 rings (SSSR count). The Morgan fingerprint density at radius 1 is 1.33 bits per heavy atom. The van der Waals surface area contributed by atoms with Gasteiger partial charge in [-0.2, -0.15) is 0 Å². The summed E-state index contributed by atoms with van der Waals surface area (Å²) in [7, 11) is 2.39. The summed E-state index contributed by atoms with van der Waals surface area (Å²) in [6, 6.07) is 0.841. The summed E-state index contributed by atoms with van der Waals surface area (Å²) in [5.74, 6) is -0.107. The highest BCUT2D eigenvalue weighted by atomic mass is 35.5. The van der Waals surface area contributed by atoms with Gasteiger partial charge < -0.3 is 18.0 Å². The van der Waals surface area contributed by atoms with Gasteiger partial charge in [0.2, 0.25) is 0 Å². The minimum atomic E-state index is -2.51. The molecule has 90 valence electrons. The van der Waals surface area contributed by atoms with Crippen LogP contribution >= 0.6 is 11.6 Å². The monoisotopic (exact) mass is 254 g/mol. The predicted octanol–water partition coefficient (Wildman–Crippen LogP) is 2.00. The molecule has 0 N–H and O–H groups in total. The molecule has 1 unspecified atom stereocenters. The Bertz CT molecular complexity index is 197. The molecule has 6 heteroatoms. The quantitative estimate of drug-likeness (QED) is 0.556. The first-order chi connectivity index (χ1) is 7.16. The van der Waals surface area contributed by atoms with Gasteiger partial charge in [0.05, 0.1) is 0 Å². The van der Waals surface area contributed by atoms with Crippen molar-refractivity contribution in [1.82, 2.24) is 0 Å². The highest BCUT2D eigenvalue weighted by Crippen LogP contribution is 2.37. The summed E-state index contributed by atoms with van der Waals surface area (Å²) in [4.78, 5) is 0. The average molecular weight is 255 g/mol. The number of methoxy groups -OCH3 is 1. The third-order valence-electron chi connectivity index (χ3n) is 2.85. The van der Waals surface area contributed by atoms with Crippen LogP contribution in [0.5, 0.6) is 0 Å². The SMILES string of the molecule is COC1(CCCl)CCC[Si](OC)(OC)O1. The van der Waals surface area contributed by atoms with E-state index in [1.807, 2.05) is 0 Å². The second-order valence-electron chi connectivity index (χ2n) is 3.60. The second kappa shape index (κ2) is 5.61. The van der Waals surface area contributed by atoms with Gasteiger partial charge in [0.15, 0.2) is 5.79 Å². The molecular weight excluding hydrogens is 236 g/mol. The van der Waals surface area contributed by atoms with Gasteiger partial charge in [0.1, 0.15) is 0 Å². The summed E-state index contributed by atoms with van der Waals surface area (Å²) in [5, 5.41) is 0. The van der Waals surface area contributed by atoms with E-state index < -0.39 is 14.6 Å². The fourth-order valence-electron chi connectivity index (χ4n) is 1.90. The van der Waals surface area contributed by atoms with Gasteiger partial charge in [-0.25, -0.2) is 0 Å². The first kappa shape index (κ1) is 13.4. The molecule has 0 amide bonds. The minimum absolute atomic E-state index is 0.506. The van der Waals surface area contributed by atoms with Crippen LogP contribution in [-0.4, -0.2) is 41.8 Å². The van der Waals surface area contributed by atoms with E-state index in [0.717, 1.165) is 18.9 Å². The fraction of sp³-hybridized carbons (Fsp3) is 1.00. The van der Waals surface area contributed by atoms with E-state index >= 15 is 0 Å². The number of alkyl halides is 1. The molecule has 0 radical (unpaired) electrons. The lowest BCUT2D eigenvalue weighted by Gasteiger charge is -2.43. The molecule has 0 aromatic rings. The molecule has 0 bridgehead atoms. The number of ether oxygens (including phenoxy) is 1. The summed E-state index contributed by atoms with van der Waals surface area (Å²) in [6.45, 7) is 0. The van der Waals surface area contributed by atoms with E-state index in [0.29, 0.717) is 12.3 Å². The van der Waals surface area contributed by atoms with Crippen LogP contribution in [0.15, 0.2) is 0 Å². The van der Waals surface area contributed by atoms with Crippen molar-refractivity contribution in [1.29, 1.82) is 0 Å². The van der Waals surface area contributed by atoms with Crippen molar-refractivity contribution >= 4 is 20.4 Å². The molecule has 1 atom stereocenters. The molecule has 0 aromatic carbocycles. The fourth-order valence-corrected chi connectivity index (χ4v) is 4.49. The van der Waals surface area contributed by atoms with Crippen molar-refractivity contribution in [2.45, 2.75) is 31.1 Å². The average Bonchev–Trinajstić information content (AvgIpc) is 2.29. The molecule has 15 heavy (non-hydrogen) atoms. The van der Waals surface area contributed by atoms with Crippen molar-refractivity contribution < 1.29 is 18.0 Å². The van der Waals surface area contributed by atoms with E-state index in [2.05, 4.69) is 0 Å². The van der Waals surface area contributed by atoms with Crippen molar-refractivity contribution in [2.24, 2.45) is 0 Å². The van der Waals surface area contributed by atoms with Crippen LogP contribution < -0.4 is 0 Å². The Morgan fingerprint density at radius 3 is 2.47 bits per heavy atom. The van der Waals surface area contributed by atoms with Gasteiger partial charge in [-0.05, 0) is 6.42 Å². The normalized spacial score (nSPS) is 30.4. The molecule has 0 aromatic heterocycles. The van der Waals surface area contributed by atoms with E-state index in [1.165, 1.54) is 0 Å². The summed E-state index contributed by atoms with van der Waals surface area (Å²) in [5.41, 5.74) is 0. The third kappa shape index (κ3) is 2.92.